The molecule has 1 aliphatic heterocycles. The van der Waals surface area contributed by atoms with Crippen molar-refractivity contribution >= 4 is 5.91 Å². The molecule has 1 fully saturated rings. The number of carbonyl (C=O) groups excluding carboxylic acids is 1. The van der Waals surface area contributed by atoms with Gasteiger partial charge in [-0.2, -0.15) is 0 Å². The van der Waals surface area contributed by atoms with Crippen molar-refractivity contribution in [2.75, 3.05) is 13.1 Å². The maximum Gasteiger partial charge on any atom is 0.237 e. The lowest BCUT2D eigenvalue weighted by Gasteiger charge is -2.19. The first-order valence-electron chi connectivity index (χ1n) is 4.72. The fraction of sp³-hybridized carbons (Fsp3) is 0.889. The highest BCUT2D eigenvalue weighted by Crippen LogP contribution is 2.05. The van der Waals surface area contributed by atoms with E-state index in [0.717, 1.165) is 19.4 Å². The van der Waals surface area contributed by atoms with E-state index < -0.39 is 5.60 Å². The van der Waals surface area contributed by atoms with Gasteiger partial charge in [0.25, 0.3) is 0 Å². The zero-order chi connectivity index (χ0) is 9.90. The minimum atomic E-state index is -0.825. The molecule has 1 heterocycles. The Hall–Kier alpha value is -0.610. The number of hydrogen-bond acceptors (Lipinski definition) is 3. The van der Waals surface area contributed by atoms with Crippen molar-refractivity contribution in [2.24, 2.45) is 0 Å². The second-order valence-electron chi connectivity index (χ2n) is 4.18. The van der Waals surface area contributed by atoms with Crippen molar-refractivity contribution < 1.29 is 9.90 Å². The van der Waals surface area contributed by atoms with E-state index in [-0.39, 0.29) is 11.9 Å². The van der Waals surface area contributed by atoms with Gasteiger partial charge in [-0.1, -0.05) is 0 Å². The van der Waals surface area contributed by atoms with Gasteiger partial charge in [0.2, 0.25) is 5.91 Å². The van der Waals surface area contributed by atoms with Gasteiger partial charge in [-0.3, -0.25) is 4.79 Å². The predicted octanol–water partition coefficient (Wildman–Crippen LogP) is -0.374. The average molecular weight is 186 g/mol. The van der Waals surface area contributed by atoms with Crippen LogP contribution in [0.15, 0.2) is 0 Å². The Bertz CT molecular complexity index is 181. The van der Waals surface area contributed by atoms with Crippen LogP contribution >= 0.6 is 0 Å². The molecule has 76 valence electrons. The average Bonchev–Trinajstić information content (AvgIpc) is 2.50. The molecule has 0 aliphatic carbocycles. The topological polar surface area (TPSA) is 61.4 Å². The van der Waals surface area contributed by atoms with E-state index in [2.05, 4.69) is 10.6 Å². The molecule has 1 saturated heterocycles. The largest absolute Gasteiger partial charge is 0.389 e. The van der Waals surface area contributed by atoms with Crippen LogP contribution in [0.1, 0.15) is 26.7 Å². The quantitative estimate of drug-likeness (QED) is 0.563. The standard InChI is InChI=1S/C9H18N2O2/c1-9(2,13)6-11-8(12)7-4-3-5-10-7/h7,10,13H,3-6H2,1-2H3,(H,11,12)/t7-/m0/s1. The summed E-state index contributed by atoms with van der Waals surface area (Å²) in [5, 5.41) is 15.2. The van der Waals surface area contributed by atoms with Crippen LogP contribution in [0.5, 0.6) is 0 Å². The van der Waals surface area contributed by atoms with Crippen LogP contribution in [0.4, 0.5) is 0 Å². The van der Waals surface area contributed by atoms with Gasteiger partial charge in [-0.15, -0.1) is 0 Å². The van der Waals surface area contributed by atoms with Crippen LogP contribution in [-0.2, 0) is 4.79 Å². The van der Waals surface area contributed by atoms with E-state index in [9.17, 15) is 9.90 Å². The summed E-state index contributed by atoms with van der Waals surface area (Å²) in [6, 6.07) is -0.0534. The van der Waals surface area contributed by atoms with E-state index in [4.69, 9.17) is 0 Å². The van der Waals surface area contributed by atoms with E-state index in [1.165, 1.54) is 0 Å². The number of carbonyl (C=O) groups is 1. The smallest absolute Gasteiger partial charge is 0.237 e. The number of amides is 1. The van der Waals surface area contributed by atoms with Gasteiger partial charge in [-0.05, 0) is 33.2 Å². The van der Waals surface area contributed by atoms with Crippen molar-refractivity contribution in [1.82, 2.24) is 10.6 Å². The Labute approximate surface area is 78.7 Å². The molecular weight excluding hydrogens is 168 g/mol. The summed E-state index contributed by atoms with van der Waals surface area (Å²) in [5.74, 6) is -0.000347. The Morgan fingerprint density at radius 1 is 1.69 bits per heavy atom. The van der Waals surface area contributed by atoms with Crippen molar-refractivity contribution in [3.8, 4) is 0 Å². The lowest BCUT2D eigenvalue weighted by atomic mass is 10.1. The first kappa shape index (κ1) is 10.5. The van der Waals surface area contributed by atoms with Crippen molar-refractivity contribution in [3.05, 3.63) is 0 Å². The number of rotatable bonds is 3. The molecule has 0 unspecified atom stereocenters. The highest BCUT2D eigenvalue weighted by Gasteiger charge is 2.23. The molecule has 0 aromatic rings. The van der Waals surface area contributed by atoms with Crippen LogP contribution in [0.25, 0.3) is 0 Å². The Balaban J connectivity index is 2.25. The molecule has 0 spiro atoms. The van der Waals surface area contributed by atoms with Gasteiger partial charge in [-0.25, -0.2) is 0 Å². The third-order valence-electron chi connectivity index (χ3n) is 2.07. The second kappa shape index (κ2) is 4.07. The lowest BCUT2D eigenvalue weighted by Crippen LogP contribution is -2.45. The first-order chi connectivity index (χ1) is 5.99. The van der Waals surface area contributed by atoms with Gasteiger partial charge in [0, 0.05) is 6.54 Å². The van der Waals surface area contributed by atoms with Crippen LogP contribution in [0, 0.1) is 0 Å². The van der Waals surface area contributed by atoms with Gasteiger partial charge < -0.3 is 15.7 Å². The number of hydrogen-bond donors (Lipinski definition) is 3. The van der Waals surface area contributed by atoms with Crippen LogP contribution < -0.4 is 10.6 Å². The minimum absolute atomic E-state index is 0.000347. The molecule has 4 heteroatoms. The molecule has 0 radical (unpaired) electrons. The maximum atomic E-state index is 11.4. The fourth-order valence-electron chi connectivity index (χ4n) is 1.33. The molecule has 1 aliphatic rings. The molecule has 3 N–H and O–H groups in total. The highest BCUT2D eigenvalue weighted by atomic mass is 16.3. The van der Waals surface area contributed by atoms with E-state index >= 15 is 0 Å². The molecule has 0 bridgehead atoms. The van der Waals surface area contributed by atoms with E-state index in [0.29, 0.717) is 6.54 Å². The molecule has 0 aromatic heterocycles. The van der Waals surface area contributed by atoms with E-state index in [1.807, 2.05) is 0 Å². The first-order valence-corrected chi connectivity index (χ1v) is 4.72. The normalized spacial score (nSPS) is 23.2. The summed E-state index contributed by atoms with van der Waals surface area (Å²) in [4.78, 5) is 11.4. The predicted molar refractivity (Wildman–Crippen MR) is 50.3 cm³/mol. The van der Waals surface area contributed by atoms with Crippen LogP contribution in [0.3, 0.4) is 0 Å². The number of nitrogens with one attached hydrogen (secondary N) is 2. The minimum Gasteiger partial charge on any atom is -0.389 e. The third-order valence-corrected chi connectivity index (χ3v) is 2.07. The Kier molecular flexibility index (Phi) is 3.27. The van der Waals surface area contributed by atoms with E-state index in [1.54, 1.807) is 13.8 Å². The number of aliphatic hydroxyl groups is 1. The molecule has 1 rings (SSSR count). The summed E-state index contributed by atoms with van der Waals surface area (Å²) in [6.07, 6.45) is 1.96. The van der Waals surface area contributed by atoms with Crippen molar-refractivity contribution in [2.45, 2.75) is 38.3 Å². The van der Waals surface area contributed by atoms with Gasteiger partial charge >= 0.3 is 0 Å². The summed E-state index contributed by atoms with van der Waals surface area (Å²) in [7, 11) is 0. The summed E-state index contributed by atoms with van der Waals surface area (Å²) < 4.78 is 0. The molecule has 0 saturated carbocycles. The Morgan fingerprint density at radius 2 is 2.38 bits per heavy atom. The fourth-order valence-corrected chi connectivity index (χ4v) is 1.33. The zero-order valence-electron chi connectivity index (χ0n) is 8.26. The summed E-state index contributed by atoms with van der Waals surface area (Å²) >= 11 is 0. The Morgan fingerprint density at radius 3 is 2.85 bits per heavy atom. The molecule has 13 heavy (non-hydrogen) atoms. The van der Waals surface area contributed by atoms with Crippen molar-refractivity contribution in [1.29, 1.82) is 0 Å². The summed E-state index contributed by atoms with van der Waals surface area (Å²) in [5.41, 5.74) is -0.825. The molecular formula is C9H18N2O2. The zero-order valence-corrected chi connectivity index (χ0v) is 8.26. The highest BCUT2D eigenvalue weighted by molar-refractivity contribution is 5.82. The molecule has 1 amide bonds. The van der Waals surface area contributed by atoms with Gasteiger partial charge in [0.05, 0.1) is 11.6 Å². The molecule has 0 aromatic carbocycles. The third kappa shape index (κ3) is 3.74. The van der Waals surface area contributed by atoms with Gasteiger partial charge in [0.1, 0.15) is 0 Å². The van der Waals surface area contributed by atoms with Gasteiger partial charge in [0.15, 0.2) is 0 Å². The SMILES string of the molecule is CC(C)(O)CNC(=O)[C@@H]1CCCN1. The van der Waals surface area contributed by atoms with Crippen LogP contribution in [-0.4, -0.2) is 35.7 Å². The van der Waals surface area contributed by atoms with Crippen molar-refractivity contribution in [3.63, 3.8) is 0 Å². The molecule has 1 atom stereocenters. The van der Waals surface area contributed by atoms with Crippen LogP contribution in [0.2, 0.25) is 0 Å². The second-order valence-corrected chi connectivity index (χ2v) is 4.18. The molecule has 4 nitrogen and oxygen atoms in total. The monoisotopic (exact) mass is 186 g/mol. The summed E-state index contributed by atoms with van der Waals surface area (Å²) in [6.45, 7) is 4.58. The maximum absolute atomic E-state index is 11.4. The lowest BCUT2D eigenvalue weighted by molar-refractivity contribution is -0.123.